The average Bonchev–Trinajstić information content (AvgIpc) is 2.61. The van der Waals surface area contributed by atoms with Crippen LogP contribution in [0.1, 0.15) is 17.2 Å². The van der Waals surface area contributed by atoms with Gasteiger partial charge in [0.25, 0.3) is 0 Å². The number of benzene rings is 2. The van der Waals surface area contributed by atoms with E-state index in [1.165, 1.54) is 13.2 Å². The summed E-state index contributed by atoms with van der Waals surface area (Å²) in [5.74, 6) is 0.649. The third kappa shape index (κ3) is 5.21. The van der Waals surface area contributed by atoms with Gasteiger partial charge in [0.1, 0.15) is 5.75 Å². The van der Waals surface area contributed by atoms with Gasteiger partial charge in [-0.1, -0.05) is 24.3 Å². The third-order valence-electron chi connectivity index (χ3n) is 4.07. The van der Waals surface area contributed by atoms with Crippen molar-refractivity contribution in [3.8, 4) is 5.75 Å². The number of alkyl halides is 3. The summed E-state index contributed by atoms with van der Waals surface area (Å²) in [6.07, 6.45) is -4.76. The lowest BCUT2D eigenvalue weighted by molar-refractivity contribution is -0.139. The van der Waals surface area contributed by atoms with Crippen LogP contribution in [0.5, 0.6) is 5.75 Å². The Morgan fingerprint density at radius 3 is 2.19 bits per heavy atom. The van der Waals surface area contributed by atoms with Crippen LogP contribution in [0.15, 0.2) is 53.4 Å². The number of rotatable bonds is 7. The zero-order valence-corrected chi connectivity index (χ0v) is 15.9. The molecule has 1 N–H and O–H groups in total. The lowest BCUT2D eigenvalue weighted by atomic mass is 10.1. The van der Waals surface area contributed by atoms with Gasteiger partial charge in [-0.15, -0.1) is 0 Å². The van der Waals surface area contributed by atoms with Crippen LogP contribution in [0.2, 0.25) is 0 Å². The fourth-order valence-electron chi connectivity index (χ4n) is 2.63. The second-order valence-corrected chi connectivity index (χ2v) is 7.83. The third-order valence-corrected chi connectivity index (χ3v) is 5.55. The van der Waals surface area contributed by atoms with E-state index in [4.69, 9.17) is 4.74 Å². The second kappa shape index (κ2) is 8.28. The minimum absolute atomic E-state index is 0.0894. The van der Waals surface area contributed by atoms with E-state index >= 15 is 0 Å². The van der Waals surface area contributed by atoms with E-state index in [2.05, 4.69) is 4.72 Å². The SMILES string of the molecule is COc1ccc([C@H](CNS(=O)(=O)c2ccccc2C(F)(F)F)N(C)C)cc1. The van der Waals surface area contributed by atoms with Gasteiger partial charge >= 0.3 is 6.18 Å². The van der Waals surface area contributed by atoms with Gasteiger partial charge in [-0.25, -0.2) is 13.1 Å². The summed E-state index contributed by atoms with van der Waals surface area (Å²) in [4.78, 5) is 0.990. The van der Waals surface area contributed by atoms with Crippen molar-refractivity contribution in [2.75, 3.05) is 27.7 Å². The van der Waals surface area contributed by atoms with Crippen molar-refractivity contribution >= 4 is 10.0 Å². The first-order chi connectivity index (χ1) is 12.6. The highest BCUT2D eigenvalue weighted by Gasteiger charge is 2.37. The Kier molecular flexibility index (Phi) is 6.50. The monoisotopic (exact) mass is 402 g/mol. The lowest BCUT2D eigenvalue weighted by Crippen LogP contribution is -2.35. The van der Waals surface area contributed by atoms with Crippen LogP contribution in [-0.4, -0.2) is 41.1 Å². The quantitative estimate of drug-likeness (QED) is 0.772. The molecule has 0 unspecified atom stereocenters. The standard InChI is InChI=1S/C18H21F3N2O3S/c1-23(2)16(13-8-10-14(26-3)11-9-13)12-22-27(24,25)17-7-5-4-6-15(17)18(19,20)21/h4-11,16,22H,12H2,1-3H3/t16-/m0/s1. The van der Waals surface area contributed by atoms with E-state index in [9.17, 15) is 21.6 Å². The van der Waals surface area contributed by atoms with Crippen molar-refractivity contribution in [1.82, 2.24) is 9.62 Å². The highest BCUT2D eigenvalue weighted by Crippen LogP contribution is 2.34. The molecular weight excluding hydrogens is 381 g/mol. The molecule has 9 heteroatoms. The van der Waals surface area contributed by atoms with E-state index in [1.807, 2.05) is 0 Å². The number of methoxy groups -OCH3 is 1. The van der Waals surface area contributed by atoms with Gasteiger partial charge < -0.3 is 9.64 Å². The largest absolute Gasteiger partial charge is 0.497 e. The number of nitrogens with zero attached hydrogens (tertiary/aromatic N) is 1. The van der Waals surface area contributed by atoms with Gasteiger partial charge in [-0.2, -0.15) is 13.2 Å². The van der Waals surface area contributed by atoms with Crippen molar-refractivity contribution in [3.05, 3.63) is 59.7 Å². The molecule has 2 aromatic rings. The van der Waals surface area contributed by atoms with Crippen LogP contribution in [0, 0.1) is 0 Å². The topological polar surface area (TPSA) is 58.6 Å². The summed E-state index contributed by atoms with van der Waals surface area (Å²) >= 11 is 0. The molecule has 0 saturated heterocycles. The minimum atomic E-state index is -4.76. The average molecular weight is 402 g/mol. The maximum atomic E-state index is 13.1. The highest BCUT2D eigenvalue weighted by atomic mass is 32.2. The van der Waals surface area contributed by atoms with Crippen LogP contribution in [0.3, 0.4) is 0 Å². The normalized spacial score (nSPS) is 13.6. The number of likely N-dealkylation sites (N-methyl/N-ethyl adjacent to an activating group) is 1. The van der Waals surface area contributed by atoms with Crippen LogP contribution in [0.25, 0.3) is 0 Å². The summed E-state index contributed by atoms with van der Waals surface area (Å²) in [7, 11) is 0.701. The number of nitrogens with one attached hydrogen (secondary N) is 1. The fourth-order valence-corrected chi connectivity index (χ4v) is 3.89. The summed E-state index contributed by atoms with van der Waals surface area (Å²) in [5, 5.41) is 0. The fraction of sp³-hybridized carbons (Fsp3) is 0.333. The first-order valence-corrected chi connectivity index (χ1v) is 9.51. The summed E-state index contributed by atoms with van der Waals surface area (Å²) in [6.45, 7) is -0.0894. The van der Waals surface area contributed by atoms with Crippen molar-refractivity contribution in [2.24, 2.45) is 0 Å². The lowest BCUT2D eigenvalue weighted by Gasteiger charge is -2.25. The smallest absolute Gasteiger partial charge is 0.417 e. The predicted molar refractivity (Wildman–Crippen MR) is 96.1 cm³/mol. The van der Waals surface area contributed by atoms with Crippen LogP contribution in [-0.2, 0) is 16.2 Å². The molecule has 5 nitrogen and oxygen atoms in total. The Bertz CT molecular complexity index is 866. The van der Waals surface area contributed by atoms with Crippen LogP contribution < -0.4 is 9.46 Å². The van der Waals surface area contributed by atoms with Crippen molar-refractivity contribution in [3.63, 3.8) is 0 Å². The Morgan fingerprint density at radius 1 is 1.07 bits per heavy atom. The van der Waals surface area contributed by atoms with E-state index in [0.717, 1.165) is 23.8 Å². The van der Waals surface area contributed by atoms with Gasteiger partial charge in [0.05, 0.1) is 17.6 Å². The molecule has 0 radical (unpaired) electrons. The Morgan fingerprint density at radius 2 is 1.67 bits per heavy atom. The van der Waals surface area contributed by atoms with E-state index in [1.54, 1.807) is 43.3 Å². The molecule has 2 aromatic carbocycles. The molecule has 1 atom stereocenters. The van der Waals surface area contributed by atoms with Crippen LogP contribution >= 0.6 is 0 Å². The number of halogens is 3. The maximum absolute atomic E-state index is 13.1. The first kappa shape index (κ1) is 21.2. The van der Waals surface area contributed by atoms with Crippen molar-refractivity contribution in [2.45, 2.75) is 17.1 Å². The Balaban J connectivity index is 2.26. The van der Waals surface area contributed by atoms with Gasteiger partial charge in [0.15, 0.2) is 0 Å². The Hall–Kier alpha value is -2.10. The van der Waals surface area contributed by atoms with E-state index in [0.29, 0.717) is 5.75 Å². The molecule has 27 heavy (non-hydrogen) atoms. The molecule has 0 aliphatic carbocycles. The van der Waals surface area contributed by atoms with E-state index < -0.39 is 26.7 Å². The van der Waals surface area contributed by atoms with Crippen molar-refractivity contribution in [1.29, 1.82) is 0 Å². The molecule has 0 spiro atoms. The Labute approximate surface area is 156 Å². The van der Waals surface area contributed by atoms with E-state index in [-0.39, 0.29) is 12.6 Å². The van der Waals surface area contributed by atoms with Gasteiger partial charge in [0, 0.05) is 12.6 Å². The molecule has 0 aliphatic heterocycles. The maximum Gasteiger partial charge on any atom is 0.417 e. The molecule has 0 aromatic heterocycles. The molecule has 0 bridgehead atoms. The molecule has 2 rings (SSSR count). The molecule has 0 aliphatic rings. The van der Waals surface area contributed by atoms with Gasteiger partial charge in [0.2, 0.25) is 10.0 Å². The molecule has 0 fully saturated rings. The molecule has 148 valence electrons. The summed E-state index contributed by atoms with van der Waals surface area (Å²) in [6, 6.07) is 10.8. The molecular formula is C18H21F3N2O3S. The van der Waals surface area contributed by atoms with Gasteiger partial charge in [-0.05, 0) is 43.9 Å². The highest BCUT2D eigenvalue weighted by molar-refractivity contribution is 7.89. The summed E-state index contributed by atoms with van der Waals surface area (Å²) < 4.78 is 71.8. The van der Waals surface area contributed by atoms with Crippen molar-refractivity contribution < 1.29 is 26.3 Å². The molecule has 0 saturated carbocycles. The minimum Gasteiger partial charge on any atom is -0.497 e. The van der Waals surface area contributed by atoms with Gasteiger partial charge in [-0.3, -0.25) is 0 Å². The number of sulfonamides is 1. The predicted octanol–water partition coefficient (Wildman–Crippen LogP) is 3.30. The van der Waals surface area contributed by atoms with Crippen LogP contribution in [0.4, 0.5) is 13.2 Å². The number of hydrogen-bond acceptors (Lipinski definition) is 4. The molecule has 0 amide bonds. The summed E-state index contributed by atoms with van der Waals surface area (Å²) in [5.41, 5.74) is -0.393. The first-order valence-electron chi connectivity index (χ1n) is 8.02. The number of ether oxygens (including phenoxy) is 1. The molecule has 0 heterocycles. The number of hydrogen-bond donors (Lipinski definition) is 1. The zero-order valence-electron chi connectivity index (χ0n) is 15.1. The zero-order chi connectivity index (χ0) is 20.2. The second-order valence-electron chi connectivity index (χ2n) is 6.10.